The van der Waals surface area contributed by atoms with Crippen LogP contribution in [0, 0.1) is 11.3 Å². The highest BCUT2D eigenvalue weighted by Gasteiger charge is 2.22. The third-order valence-electron chi connectivity index (χ3n) is 3.77. The minimum atomic E-state index is -3.33. The molecule has 0 heterocycles. The van der Waals surface area contributed by atoms with E-state index in [0.29, 0.717) is 13.1 Å². The normalized spacial score (nSPS) is 14.2. The summed E-state index contributed by atoms with van der Waals surface area (Å²) in [5, 5.41) is 0. The van der Waals surface area contributed by atoms with E-state index >= 15 is 0 Å². The van der Waals surface area contributed by atoms with Crippen LogP contribution in [0.2, 0.25) is 0 Å². The van der Waals surface area contributed by atoms with Crippen LogP contribution in [-0.2, 0) is 22.3 Å². The number of nitrogens with two attached hydrogens (primary N) is 1. The lowest BCUT2D eigenvalue weighted by Gasteiger charge is -2.27. The average molecular weight is 298 g/mol. The maximum atomic E-state index is 12.1. The Morgan fingerprint density at radius 1 is 1.20 bits per heavy atom. The van der Waals surface area contributed by atoms with Crippen molar-refractivity contribution in [2.75, 3.05) is 6.54 Å². The van der Waals surface area contributed by atoms with Gasteiger partial charge in [0, 0.05) is 13.1 Å². The highest BCUT2D eigenvalue weighted by molar-refractivity contribution is 7.88. The Morgan fingerprint density at radius 2 is 1.75 bits per heavy atom. The van der Waals surface area contributed by atoms with Crippen molar-refractivity contribution in [3.8, 4) is 0 Å². The van der Waals surface area contributed by atoms with Crippen LogP contribution in [0.15, 0.2) is 24.3 Å². The lowest BCUT2D eigenvalue weighted by atomic mass is 9.82. The summed E-state index contributed by atoms with van der Waals surface area (Å²) in [7, 11) is -3.33. The van der Waals surface area contributed by atoms with Gasteiger partial charge in [-0.05, 0) is 22.5 Å². The summed E-state index contributed by atoms with van der Waals surface area (Å²) in [5.41, 5.74) is 7.36. The maximum absolute atomic E-state index is 12.1. The van der Waals surface area contributed by atoms with Gasteiger partial charge in [0.05, 0.1) is 5.75 Å². The fraction of sp³-hybridized carbons (Fsp3) is 0.600. The van der Waals surface area contributed by atoms with Crippen molar-refractivity contribution < 1.29 is 8.42 Å². The molecule has 20 heavy (non-hydrogen) atoms. The molecule has 0 amide bonds. The zero-order chi connectivity index (χ0) is 15.4. The second-order valence-corrected chi connectivity index (χ2v) is 8.15. The molecule has 0 spiro atoms. The van der Waals surface area contributed by atoms with E-state index in [1.165, 1.54) is 0 Å². The van der Waals surface area contributed by atoms with Gasteiger partial charge in [-0.2, -0.15) is 0 Å². The van der Waals surface area contributed by atoms with Gasteiger partial charge >= 0.3 is 0 Å². The summed E-state index contributed by atoms with van der Waals surface area (Å²) in [6.45, 7) is 9.18. The van der Waals surface area contributed by atoms with Crippen LogP contribution >= 0.6 is 0 Å². The highest BCUT2D eigenvalue weighted by atomic mass is 32.2. The SMILES string of the molecule is CC(CNS(=O)(=O)Cc1ccccc1CN)C(C)(C)C. The number of benzene rings is 1. The molecule has 1 aromatic rings. The van der Waals surface area contributed by atoms with E-state index in [4.69, 9.17) is 5.73 Å². The molecule has 0 fully saturated rings. The first-order chi connectivity index (χ1) is 9.15. The third-order valence-corrected chi connectivity index (χ3v) is 5.07. The topological polar surface area (TPSA) is 72.2 Å². The Bertz CT molecular complexity index is 533. The fourth-order valence-corrected chi connectivity index (χ4v) is 3.01. The van der Waals surface area contributed by atoms with Crippen LogP contribution in [0.25, 0.3) is 0 Å². The van der Waals surface area contributed by atoms with Crippen LogP contribution in [-0.4, -0.2) is 15.0 Å². The first kappa shape index (κ1) is 17.1. The van der Waals surface area contributed by atoms with Gasteiger partial charge in [-0.25, -0.2) is 13.1 Å². The zero-order valence-corrected chi connectivity index (χ0v) is 13.6. The lowest BCUT2D eigenvalue weighted by Crippen LogP contribution is -2.34. The summed E-state index contributed by atoms with van der Waals surface area (Å²) in [4.78, 5) is 0. The Kier molecular flexibility index (Phi) is 5.74. The summed E-state index contributed by atoms with van der Waals surface area (Å²) in [6.07, 6.45) is 0. The second-order valence-electron chi connectivity index (χ2n) is 6.35. The van der Waals surface area contributed by atoms with Crippen LogP contribution < -0.4 is 10.5 Å². The molecule has 0 aromatic heterocycles. The molecule has 1 rings (SSSR count). The van der Waals surface area contributed by atoms with Crippen molar-refractivity contribution in [2.24, 2.45) is 17.1 Å². The van der Waals surface area contributed by atoms with Crippen LogP contribution in [0.5, 0.6) is 0 Å². The molecule has 0 bridgehead atoms. The maximum Gasteiger partial charge on any atom is 0.215 e. The number of rotatable bonds is 6. The van der Waals surface area contributed by atoms with Crippen molar-refractivity contribution in [1.82, 2.24) is 4.72 Å². The standard InChI is InChI=1S/C15H26N2O2S/c1-12(15(2,3)4)10-17-20(18,19)11-14-8-6-5-7-13(14)9-16/h5-8,12,17H,9-11,16H2,1-4H3. The third kappa shape index (κ3) is 5.23. The quantitative estimate of drug-likeness (QED) is 0.846. The van der Waals surface area contributed by atoms with Crippen molar-refractivity contribution in [2.45, 2.75) is 40.0 Å². The molecule has 3 N–H and O–H groups in total. The van der Waals surface area contributed by atoms with Gasteiger partial charge in [0.2, 0.25) is 10.0 Å². The number of nitrogens with one attached hydrogen (secondary N) is 1. The van der Waals surface area contributed by atoms with Crippen LogP contribution in [0.3, 0.4) is 0 Å². The minimum absolute atomic E-state index is 0.0166. The molecule has 1 aromatic carbocycles. The average Bonchev–Trinajstić information content (AvgIpc) is 2.35. The molecule has 0 radical (unpaired) electrons. The Labute approximate surface area is 122 Å². The van der Waals surface area contributed by atoms with Crippen molar-refractivity contribution in [1.29, 1.82) is 0 Å². The number of hydrogen-bond acceptors (Lipinski definition) is 3. The van der Waals surface area contributed by atoms with Crippen molar-refractivity contribution in [3.63, 3.8) is 0 Å². The summed E-state index contributed by atoms with van der Waals surface area (Å²) >= 11 is 0. The lowest BCUT2D eigenvalue weighted by molar-refractivity contribution is 0.263. The monoisotopic (exact) mass is 298 g/mol. The van der Waals surface area contributed by atoms with Gasteiger partial charge in [-0.1, -0.05) is 52.0 Å². The largest absolute Gasteiger partial charge is 0.326 e. The van der Waals surface area contributed by atoms with E-state index in [1.807, 2.05) is 24.3 Å². The molecule has 4 nitrogen and oxygen atoms in total. The van der Waals surface area contributed by atoms with Crippen LogP contribution in [0.1, 0.15) is 38.8 Å². The summed E-state index contributed by atoms with van der Waals surface area (Å²) < 4.78 is 27.0. The first-order valence-corrected chi connectivity index (χ1v) is 8.55. The molecule has 0 aliphatic carbocycles. The van der Waals surface area contributed by atoms with Crippen LogP contribution in [0.4, 0.5) is 0 Å². The van der Waals surface area contributed by atoms with Gasteiger partial charge in [0.1, 0.15) is 0 Å². The van der Waals surface area contributed by atoms with E-state index in [1.54, 1.807) is 0 Å². The predicted molar refractivity (Wildman–Crippen MR) is 83.6 cm³/mol. The van der Waals surface area contributed by atoms with E-state index in [2.05, 4.69) is 32.4 Å². The van der Waals surface area contributed by atoms with E-state index in [0.717, 1.165) is 11.1 Å². The molecule has 0 aliphatic rings. The number of sulfonamides is 1. The van der Waals surface area contributed by atoms with Gasteiger partial charge in [-0.3, -0.25) is 0 Å². The smallest absolute Gasteiger partial charge is 0.215 e. The second kappa shape index (κ2) is 6.70. The Balaban J connectivity index is 2.71. The fourth-order valence-electron chi connectivity index (χ4n) is 1.71. The van der Waals surface area contributed by atoms with Gasteiger partial charge in [-0.15, -0.1) is 0 Å². The predicted octanol–water partition coefficient (Wildman–Crippen LogP) is 2.25. The summed E-state index contributed by atoms with van der Waals surface area (Å²) in [5.74, 6) is 0.249. The molecule has 1 atom stereocenters. The van der Waals surface area contributed by atoms with Gasteiger partial charge in [0.15, 0.2) is 0 Å². The molecule has 114 valence electrons. The molecule has 1 unspecified atom stereocenters. The first-order valence-electron chi connectivity index (χ1n) is 6.90. The Hall–Kier alpha value is -0.910. The molecular formula is C15H26N2O2S. The number of hydrogen-bond donors (Lipinski definition) is 2. The molecule has 0 saturated heterocycles. The van der Waals surface area contributed by atoms with Gasteiger partial charge in [0.25, 0.3) is 0 Å². The molecule has 5 heteroatoms. The van der Waals surface area contributed by atoms with Gasteiger partial charge < -0.3 is 5.73 Å². The van der Waals surface area contributed by atoms with E-state index < -0.39 is 10.0 Å². The molecule has 0 aliphatic heterocycles. The molecular weight excluding hydrogens is 272 g/mol. The minimum Gasteiger partial charge on any atom is -0.326 e. The van der Waals surface area contributed by atoms with Crippen molar-refractivity contribution >= 4 is 10.0 Å². The molecule has 0 saturated carbocycles. The highest BCUT2D eigenvalue weighted by Crippen LogP contribution is 2.24. The Morgan fingerprint density at radius 3 is 2.25 bits per heavy atom. The van der Waals surface area contributed by atoms with E-state index in [-0.39, 0.29) is 17.1 Å². The zero-order valence-electron chi connectivity index (χ0n) is 12.8. The van der Waals surface area contributed by atoms with Crippen molar-refractivity contribution in [3.05, 3.63) is 35.4 Å². The van der Waals surface area contributed by atoms with E-state index in [9.17, 15) is 8.42 Å². The summed E-state index contributed by atoms with van der Waals surface area (Å²) in [6, 6.07) is 7.38.